The monoisotopic (exact) mass is 429 g/mol. The third kappa shape index (κ3) is 5.47. The summed E-state index contributed by atoms with van der Waals surface area (Å²) in [6.07, 6.45) is 5.16. The van der Waals surface area contributed by atoms with Crippen LogP contribution >= 0.6 is 12.4 Å². The summed E-state index contributed by atoms with van der Waals surface area (Å²) in [5, 5.41) is 0. The smallest absolute Gasteiger partial charge is 0.243 e. The first-order valence-corrected chi connectivity index (χ1v) is 11.4. The molecule has 1 aromatic rings. The molecule has 2 N–H and O–H groups in total. The summed E-state index contributed by atoms with van der Waals surface area (Å²) in [6.45, 7) is 4.74. The van der Waals surface area contributed by atoms with E-state index >= 15 is 0 Å². The van der Waals surface area contributed by atoms with Gasteiger partial charge >= 0.3 is 0 Å². The lowest BCUT2D eigenvalue weighted by atomic mass is 9.91. The predicted octanol–water partition coefficient (Wildman–Crippen LogP) is 2.41. The van der Waals surface area contributed by atoms with Gasteiger partial charge in [-0.25, -0.2) is 8.42 Å². The Kier molecular flexibility index (Phi) is 8.30. The van der Waals surface area contributed by atoms with Crippen molar-refractivity contribution in [2.45, 2.75) is 56.4 Å². The summed E-state index contributed by atoms with van der Waals surface area (Å²) in [6, 6.07) is 6.98. The molecule has 0 radical (unpaired) electrons. The van der Waals surface area contributed by atoms with E-state index in [1.165, 1.54) is 0 Å². The van der Waals surface area contributed by atoms with E-state index in [9.17, 15) is 13.2 Å². The van der Waals surface area contributed by atoms with Gasteiger partial charge in [0, 0.05) is 32.2 Å². The average Bonchev–Trinajstić information content (AvgIpc) is 2.69. The number of sulfonamides is 1. The highest BCUT2D eigenvalue weighted by atomic mass is 35.5. The Balaban J connectivity index is 0.00000280. The Morgan fingerprint density at radius 1 is 1.07 bits per heavy atom. The van der Waals surface area contributed by atoms with Gasteiger partial charge in [0.25, 0.3) is 0 Å². The third-order valence-electron chi connectivity index (χ3n) is 5.87. The lowest BCUT2D eigenvalue weighted by Gasteiger charge is -2.33. The normalized spacial score (nSPS) is 20.4. The minimum Gasteiger partial charge on any atom is -0.342 e. The molecule has 0 saturated carbocycles. The maximum absolute atomic E-state index is 12.7. The highest BCUT2D eigenvalue weighted by Crippen LogP contribution is 2.22. The van der Waals surface area contributed by atoms with E-state index in [4.69, 9.17) is 5.73 Å². The second kappa shape index (κ2) is 10.1. The van der Waals surface area contributed by atoms with Crippen molar-refractivity contribution < 1.29 is 13.2 Å². The summed E-state index contributed by atoms with van der Waals surface area (Å²) in [5.41, 5.74) is 6.81. The Hall–Kier alpha value is -1.15. The zero-order valence-corrected chi connectivity index (χ0v) is 18.2. The van der Waals surface area contributed by atoms with Crippen LogP contribution in [0, 0.1) is 5.92 Å². The van der Waals surface area contributed by atoms with E-state index in [2.05, 4.69) is 0 Å². The number of likely N-dealkylation sites (tertiary alicyclic amines) is 1. The first-order chi connectivity index (χ1) is 12.9. The molecule has 1 unspecified atom stereocenters. The summed E-state index contributed by atoms with van der Waals surface area (Å²) in [4.78, 5) is 14.8. The standard InChI is InChI=1S/C20H31N3O3S.ClH/c1-16(21)18-9-13-22(14-10-18)20(24)15-17-5-7-19(8-6-17)27(25,26)23-11-3-2-4-12-23;/h5-8,16,18H,2-4,9-15,21H2,1H3;1H. The second-order valence-electron chi connectivity index (χ2n) is 7.86. The van der Waals surface area contributed by atoms with Crippen molar-refractivity contribution >= 4 is 28.3 Å². The topological polar surface area (TPSA) is 83.7 Å². The molecule has 8 heteroatoms. The molecular formula is C20H32ClN3O3S. The maximum atomic E-state index is 12.7. The van der Waals surface area contributed by atoms with Crippen molar-refractivity contribution in [3.05, 3.63) is 29.8 Å². The van der Waals surface area contributed by atoms with Gasteiger partial charge in [-0.15, -0.1) is 12.4 Å². The summed E-state index contributed by atoms with van der Waals surface area (Å²) >= 11 is 0. The number of nitrogens with zero attached hydrogens (tertiary/aromatic N) is 2. The molecule has 3 rings (SSSR count). The molecule has 0 bridgehead atoms. The van der Waals surface area contributed by atoms with Crippen molar-refractivity contribution in [1.82, 2.24) is 9.21 Å². The Morgan fingerprint density at radius 2 is 1.64 bits per heavy atom. The van der Waals surface area contributed by atoms with Crippen LogP contribution in [0.4, 0.5) is 0 Å². The van der Waals surface area contributed by atoms with Crippen molar-refractivity contribution in [2.75, 3.05) is 26.2 Å². The first kappa shape index (κ1) is 23.1. The number of piperidine rings is 2. The van der Waals surface area contributed by atoms with Crippen LogP contribution in [0.15, 0.2) is 29.2 Å². The Morgan fingerprint density at radius 3 is 2.18 bits per heavy atom. The SMILES string of the molecule is CC(N)C1CCN(C(=O)Cc2ccc(S(=O)(=O)N3CCCCC3)cc2)CC1.Cl. The Labute approximate surface area is 174 Å². The fourth-order valence-corrected chi connectivity index (χ4v) is 5.51. The number of carbonyl (C=O) groups is 1. The largest absolute Gasteiger partial charge is 0.342 e. The number of nitrogens with two attached hydrogens (primary N) is 1. The van der Waals surface area contributed by atoms with Crippen molar-refractivity contribution in [3.8, 4) is 0 Å². The van der Waals surface area contributed by atoms with E-state index < -0.39 is 10.0 Å². The van der Waals surface area contributed by atoms with Gasteiger partial charge in [0.15, 0.2) is 0 Å². The molecule has 2 heterocycles. The Bertz CT molecular complexity index is 738. The van der Waals surface area contributed by atoms with Crippen LogP contribution in [0.5, 0.6) is 0 Å². The van der Waals surface area contributed by atoms with Gasteiger partial charge in [0.2, 0.25) is 15.9 Å². The molecule has 0 aliphatic carbocycles. The van der Waals surface area contributed by atoms with Crippen molar-refractivity contribution in [1.29, 1.82) is 0 Å². The van der Waals surface area contributed by atoms with E-state index in [0.717, 1.165) is 50.8 Å². The summed E-state index contributed by atoms with van der Waals surface area (Å²) in [5.74, 6) is 0.595. The molecule has 1 atom stereocenters. The van der Waals surface area contributed by atoms with Crippen LogP contribution in [-0.4, -0.2) is 55.8 Å². The fraction of sp³-hybridized carbons (Fsp3) is 0.650. The first-order valence-electron chi connectivity index (χ1n) is 10.0. The molecule has 0 aromatic heterocycles. The highest BCUT2D eigenvalue weighted by Gasteiger charge is 2.27. The number of rotatable bonds is 5. The van der Waals surface area contributed by atoms with Gasteiger partial charge in [0.05, 0.1) is 11.3 Å². The number of hydrogen-bond donors (Lipinski definition) is 1. The summed E-state index contributed by atoms with van der Waals surface area (Å²) < 4.78 is 27.0. The van der Waals surface area contributed by atoms with Gasteiger partial charge in [-0.05, 0) is 56.2 Å². The van der Waals surface area contributed by atoms with Gasteiger partial charge in [-0.1, -0.05) is 18.6 Å². The number of halogens is 1. The van der Waals surface area contributed by atoms with Crippen molar-refractivity contribution in [3.63, 3.8) is 0 Å². The lowest BCUT2D eigenvalue weighted by Crippen LogP contribution is -2.43. The molecule has 0 spiro atoms. The average molecular weight is 430 g/mol. The predicted molar refractivity (Wildman–Crippen MR) is 113 cm³/mol. The van der Waals surface area contributed by atoms with Gasteiger partial charge in [0.1, 0.15) is 0 Å². The minimum absolute atomic E-state index is 0. The van der Waals surface area contributed by atoms with Crippen LogP contribution in [-0.2, 0) is 21.2 Å². The maximum Gasteiger partial charge on any atom is 0.243 e. The molecule has 1 aromatic carbocycles. The molecule has 1 amide bonds. The van der Waals surface area contributed by atoms with E-state index in [1.807, 2.05) is 11.8 Å². The number of carbonyl (C=O) groups excluding carboxylic acids is 1. The third-order valence-corrected chi connectivity index (χ3v) is 7.78. The van der Waals surface area contributed by atoms with Crippen LogP contribution in [0.1, 0.15) is 44.6 Å². The summed E-state index contributed by atoms with van der Waals surface area (Å²) in [7, 11) is -3.42. The molecule has 2 aliphatic rings. The highest BCUT2D eigenvalue weighted by molar-refractivity contribution is 7.89. The van der Waals surface area contributed by atoms with Gasteiger partial charge in [-0.2, -0.15) is 4.31 Å². The molecule has 28 heavy (non-hydrogen) atoms. The number of benzene rings is 1. The second-order valence-corrected chi connectivity index (χ2v) is 9.80. The molecule has 2 fully saturated rings. The van der Waals surface area contributed by atoms with E-state index in [1.54, 1.807) is 28.6 Å². The molecule has 2 saturated heterocycles. The zero-order valence-electron chi connectivity index (χ0n) is 16.5. The number of amides is 1. The van der Waals surface area contributed by atoms with Crippen LogP contribution in [0.2, 0.25) is 0 Å². The van der Waals surface area contributed by atoms with Crippen molar-refractivity contribution in [2.24, 2.45) is 11.7 Å². The molecule has 158 valence electrons. The molecule has 2 aliphatic heterocycles. The zero-order chi connectivity index (χ0) is 19.4. The van der Waals surface area contributed by atoms with Gasteiger partial charge in [-0.3, -0.25) is 4.79 Å². The van der Waals surface area contributed by atoms with Crippen LogP contribution in [0.25, 0.3) is 0 Å². The van der Waals surface area contributed by atoms with E-state index in [0.29, 0.717) is 30.3 Å². The van der Waals surface area contributed by atoms with Gasteiger partial charge < -0.3 is 10.6 Å². The molecular weight excluding hydrogens is 398 g/mol. The minimum atomic E-state index is -3.42. The van der Waals surface area contributed by atoms with Crippen LogP contribution in [0.3, 0.4) is 0 Å². The lowest BCUT2D eigenvalue weighted by molar-refractivity contribution is -0.131. The molecule has 6 nitrogen and oxygen atoms in total. The van der Waals surface area contributed by atoms with E-state index in [-0.39, 0.29) is 24.4 Å². The number of hydrogen-bond acceptors (Lipinski definition) is 4. The van der Waals surface area contributed by atoms with Crippen LogP contribution < -0.4 is 5.73 Å². The fourth-order valence-electron chi connectivity index (χ4n) is 3.99. The quantitative estimate of drug-likeness (QED) is 0.778.